The van der Waals surface area contributed by atoms with Crippen LogP contribution < -0.4 is 5.32 Å². The monoisotopic (exact) mass is 517 g/mol. The summed E-state index contributed by atoms with van der Waals surface area (Å²) in [5, 5.41) is 3.76. The Labute approximate surface area is 215 Å². The van der Waals surface area contributed by atoms with Crippen molar-refractivity contribution >= 4 is 46.8 Å². The Bertz CT molecular complexity index is 1120. The first-order valence-electron chi connectivity index (χ1n) is 11.4. The van der Waals surface area contributed by atoms with Crippen LogP contribution in [0.15, 0.2) is 42.5 Å². The summed E-state index contributed by atoms with van der Waals surface area (Å²) in [5.74, 6) is -1.30. The smallest absolute Gasteiger partial charge is 0.261 e. The molecule has 0 spiro atoms. The van der Waals surface area contributed by atoms with E-state index >= 15 is 0 Å². The van der Waals surface area contributed by atoms with Gasteiger partial charge in [0.05, 0.1) is 11.1 Å². The molecule has 1 atom stereocenters. The minimum absolute atomic E-state index is 0.0474. The number of imide groups is 1. The van der Waals surface area contributed by atoms with Gasteiger partial charge in [-0.25, -0.2) is 0 Å². The predicted octanol–water partition coefficient (Wildman–Crippen LogP) is 4.70. The van der Waals surface area contributed by atoms with Crippen molar-refractivity contribution in [3.8, 4) is 0 Å². The number of carbonyl (C=O) groups excluding carboxylic acids is 4. The third-order valence-corrected chi connectivity index (χ3v) is 6.26. The molecule has 0 aliphatic carbocycles. The molecule has 0 saturated carbocycles. The molecule has 7 nitrogen and oxygen atoms in total. The van der Waals surface area contributed by atoms with Gasteiger partial charge >= 0.3 is 0 Å². The van der Waals surface area contributed by atoms with Gasteiger partial charge in [0.1, 0.15) is 6.04 Å². The van der Waals surface area contributed by atoms with E-state index in [-0.39, 0.29) is 49.6 Å². The lowest BCUT2D eigenvalue weighted by atomic mass is 10.1. The largest absolute Gasteiger partial charge is 0.350 e. The highest BCUT2D eigenvalue weighted by atomic mass is 35.5. The molecule has 2 aromatic carbocycles. The molecule has 0 bridgehead atoms. The molecule has 186 valence electrons. The number of nitrogens with one attached hydrogen (secondary N) is 1. The first kappa shape index (κ1) is 26.7. The van der Waals surface area contributed by atoms with E-state index in [1.807, 2.05) is 20.8 Å². The van der Waals surface area contributed by atoms with Crippen LogP contribution >= 0.6 is 23.2 Å². The molecular weight excluding hydrogens is 489 g/mol. The lowest BCUT2D eigenvalue weighted by Crippen LogP contribution is -2.52. The van der Waals surface area contributed by atoms with Crippen molar-refractivity contribution in [1.82, 2.24) is 15.1 Å². The zero-order valence-corrected chi connectivity index (χ0v) is 21.7. The Kier molecular flexibility index (Phi) is 8.23. The highest BCUT2D eigenvalue weighted by Crippen LogP contribution is 2.25. The van der Waals surface area contributed by atoms with Gasteiger partial charge in [0, 0.05) is 35.1 Å². The molecule has 1 aliphatic heterocycles. The van der Waals surface area contributed by atoms with Gasteiger partial charge < -0.3 is 10.2 Å². The van der Waals surface area contributed by atoms with Crippen LogP contribution in [0.3, 0.4) is 0 Å². The van der Waals surface area contributed by atoms with E-state index in [4.69, 9.17) is 23.2 Å². The van der Waals surface area contributed by atoms with E-state index < -0.39 is 11.6 Å². The van der Waals surface area contributed by atoms with Crippen LogP contribution in [-0.2, 0) is 16.1 Å². The highest BCUT2D eigenvalue weighted by Gasteiger charge is 2.35. The SMILES string of the molecule is CC(C(=O)NC(C)(C)C)N(Cc1ccc(Cl)cc1Cl)C(=O)CCCN1C(=O)c2ccccc2C1=O. The number of amides is 4. The number of benzene rings is 2. The summed E-state index contributed by atoms with van der Waals surface area (Å²) in [4.78, 5) is 53.9. The molecule has 4 amide bonds. The van der Waals surface area contributed by atoms with Gasteiger partial charge in [-0.1, -0.05) is 41.4 Å². The van der Waals surface area contributed by atoms with Crippen LogP contribution in [0.1, 0.15) is 66.8 Å². The average molecular weight is 518 g/mol. The maximum atomic E-state index is 13.3. The van der Waals surface area contributed by atoms with E-state index in [0.29, 0.717) is 26.7 Å². The molecule has 1 aliphatic rings. The second-order valence-electron chi connectivity index (χ2n) is 9.58. The van der Waals surface area contributed by atoms with Crippen LogP contribution in [0.2, 0.25) is 10.0 Å². The van der Waals surface area contributed by atoms with Crippen molar-refractivity contribution in [2.45, 2.75) is 58.7 Å². The van der Waals surface area contributed by atoms with Crippen LogP contribution in [0.25, 0.3) is 0 Å². The molecule has 9 heteroatoms. The minimum Gasteiger partial charge on any atom is -0.350 e. The highest BCUT2D eigenvalue weighted by molar-refractivity contribution is 6.35. The number of halogens is 2. The maximum Gasteiger partial charge on any atom is 0.261 e. The summed E-state index contributed by atoms with van der Waals surface area (Å²) in [7, 11) is 0. The third-order valence-electron chi connectivity index (χ3n) is 5.67. The van der Waals surface area contributed by atoms with E-state index in [2.05, 4.69) is 5.32 Å². The second-order valence-corrected chi connectivity index (χ2v) is 10.4. The summed E-state index contributed by atoms with van der Waals surface area (Å²) in [6, 6.07) is 10.9. The van der Waals surface area contributed by atoms with Crippen molar-refractivity contribution in [2.75, 3.05) is 6.54 Å². The Hall–Kier alpha value is -2.90. The van der Waals surface area contributed by atoms with Crippen molar-refractivity contribution in [3.05, 3.63) is 69.2 Å². The third kappa shape index (κ3) is 6.41. The molecular formula is C26H29Cl2N3O4. The zero-order chi connectivity index (χ0) is 25.9. The number of hydrogen-bond acceptors (Lipinski definition) is 4. The van der Waals surface area contributed by atoms with E-state index in [9.17, 15) is 19.2 Å². The molecule has 1 unspecified atom stereocenters. The topological polar surface area (TPSA) is 86.8 Å². The van der Waals surface area contributed by atoms with Gasteiger partial charge in [0.25, 0.3) is 11.8 Å². The first-order chi connectivity index (χ1) is 16.4. The second kappa shape index (κ2) is 10.8. The molecule has 0 radical (unpaired) electrons. The standard InChI is InChI=1S/C26H29Cl2N3O4/c1-16(23(33)29-26(2,3)4)31(15-17-11-12-18(27)14-21(17)28)22(32)10-7-13-30-24(34)19-8-5-6-9-20(19)25(30)35/h5-6,8-9,11-12,14,16H,7,10,13,15H2,1-4H3,(H,29,33). The van der Waals surface area contributed by atoms with Gasteiger partial charge in [0.2, 0.25) is 11.8 Å². The number of carbonyl (C=O) groups is 4. The van der Waals surface area contributed by atoms with Crippen molar-refractivity contribution in [2.24, 2.45) is 0 Å². The van der Waals surface area contributed by atoms with Gasteiger partial charge in [-0.2, -0.15) is 0 Å². The Balaban J connectivity index is 1.72. The summed E-state index contributed by atoms with van der Waals surface area (Å²) < 4.78 is 0. The van der Waals surface area contributed by atoms with Crippen LogP contribution in [0.5, 0.6) is 0 Å². The van der Waals surface area contributed by atoms with Gasteiger partial charge in [-0.15, -0.1) is 0 Å². The first-order valence-corrected chi connectivity index (χ1v) is 12.2. The molecule has 35 heavy (non-hydrogen) atoms. The van der Waals surface area contributed by atoms with E-state index in [1.165, 1.54) is 4.90 Å². The number of rotatable bonds is 8. The summed E-state index contributed by atoms with van der Waals surface area (Å²) in [6.07, 6.45) is 0.314. The van der Waals surface area contributed by atoms with Gasteiger partial charge in [-0.05, 0) is 63.9 Å². The van der Waals surface area contributed by atoms with Crippen molar-refractivity contribution in [3.63, 3.8) is 0 Å². The summed E-state index contributed by atoms with van der Waals surface area (Å²) in [5.41, 5.74) is 0.925. The number of hydrogen-bond donors (Lipinski definition) is 1. The van der Waals surface area contributed by atoms with Crippen LogP contribution in [-0.4, -0.2) is 51.6 Å². The Morgan fingerprint density at radius 3 is 2.17 bits per heavy atom. The van der Waals surface area contributed by atoms with Crippen molar-refractivity contribution in [1.29, 1.82) is 0 Å². The predicted molar refractivity (Wildman–Crippen MR) is 135 cm³/mol. The van der Waals surface area contributed by atoms with Crippen molar-refractivity contribution < 1.29 is 19.2 Å². The molecule has 0 fully saturated rings. The van der Waals surface area contributed by atoms with Crippen LogP contribution in [0.4, 0.5) is 0 Å². The maximum absolute atomic E-state index is 13.3. The molecule has 0 aromatic heterocycles. The van der Waals surface area contributed by atoms with Gasteiger partial charge in [-0.3, -0.25) is 24.1 Å². The molecule has 3 rings (SSSR count). The summed E-state index contributed by atoms with van der Waals surface area (Å²) >= 11 is 12.3. The minimum atomic E-state index is -0.771. The lowest BCUT2D eigenvalue weighted by molar-refractivity contribution is -0.141. The fourth-order valence-electron chi connectivity index (χ4n) is 3.86. The fraction of sp³-hybridized carbons (Fsp3) is 0.385. The van der Waals surface area contributed by atoms with E-state index in [1.54, 1.807) is 49.4 Å². The summed E-state index contributed by atoms with van der Waals surface area (Å²) in [6.45, 7) is 7.47. The molecule has 0 saturated heterocycles. The van der Waals surface area contributed by atoms with Crippen LogP contribution in [0, 0.1) is 0 Å². The molecule has 2 aromatic rings. The molecule has 1 N–H and O–H groups in total. The van der Waals surface area contributed by atoms with Gasteiger partial charge in [0.15, 0.2) is 0 Å². The fourth-order valence-corrected chi connectivity index (χ4v) is 4.33. The number of fused-ring (bicyclic) bond motifs is 1. The average Bonchev–Trinajstić information content (AvgIpc) is 3.02. The molecule has 1 heterocycles. The lowest BCUT2D eigenvalue weighted by Gasteiger charge is -2.32. The number of nitrogens with zero attached hydrogens (tertiary/aromatic N) is 2. The zero-order valence-electron chi connectivity index (χ0n) is 20.2. The quantitative estimate of drug-likeness (QED) is 0.514. The Morgan fingerprint density at radius 1 is 1.03 bits per heavy atom. The van der Waals surface area contributed by atoms with E-state index in [0.717, 1.165) is 4.90 Å². The Morgan fingerprint density at radius 2 is 1.63 bits per heavy atom. The normalized spacial score (nSPS) is 14.1.